The fourth-order valence-corrected chi connectivity index (χ4v) is 1.95. The van der Waals surface area contributed by atoms with E-state index in [-0.39, 0.29) is 19.6 Å². The Labute approximate surface area is 136 Å². The molecule has 0 saturated heterocycles. The van der Waals surface area contributed by atoms with Crippen LogP contribution in [-0.2, 0) is 20.9 Å². The summed E-state index contributed by atoms with van der Waals surface area (Å²) in [7, 11) is 0. The predicted molar refractivity (Wildman–Crippen MR) is 85.6 cm³/mol. The van der Waals surface area contributed by atoms with Crippen molar-refractivity contribution in [2.45, 2.75) is 38.5 Å². The third-order valence-corrected chi connectivity index (χ3v) is 3.05. The van der Waals surface area contributed by atoms with Gasteiger partial charge in [-0.05, 0) is 18.9 Å². The molecule has 1 rings (SSSR count). The lowest BCUT2D eigenvalue weighted by molar-refractivity contribution is -0.153. The summed E-state index contributed by atoms with van der Waals surface area (Å²) in [6, 6.07) is 8.81. The maximum absolute atomic E-state index is 11.8. The SMILES string of the molecule is C=CCC(C[C@H](O)C(=O)OCC)NC(=O)OCc1ccccc1. The molecule has 0 aliphatic carbocycles. The van der Waals surface area contributed by atoms with Gasteiger partial charge in [0.15, 0.2) is 6.10 Å². The maximum atomic E-state index is 11.8. The molecule has 0 radical (unpaired) electrons. The Morgan fingerprint density at radius 3 is 2.61 bits per heavy atom. The molecule has 6 heteroatoms. The van der Waals surface area contributed by atoms with Gasteiger partial charge < -0.3 is 19.9 Å². The Morgan fingerprint density at radius 1 is 1.30 bits per heavy atom. The first-order valence-electron chi connectivity index (χ1n) is 7.49. The molecular weight excluding hydrogens is 298 g/mol. The van der Waals surface area contributed by atoms with Crippen LogP contribution in [0.1, 0.15) is 25.3 Å². The second-order valence-electron chi connectivity index (χ2n) is 4.93. The van der Waals surface area contributed by atoms with Gasteiger partial charge in [0.05, 0.1) is 6.61 Å². The van der Waals surface area contributed by atoms with E-state index >= 15 is 0 Å². The van der Waals surface area contributed by atoms with E-state index in [9.17, 15) is 14.7 Å². The highest BCUT2D eigenvalue weighted by Gasteiger charge is 2.22. The Morgan fingerprint density at radius 2 is 2.00 bits per heavy atom. The molecule has 0 saturated carbocycles. The second-order valence-corrected chi connectivity index (χ2v) is 4.93. The number of carbonyl (C=O) groups is 2. The highest BCUT2D eigenvalue weighted by atomic mass is 16.6. The first-order valence-corrected chi connectivity index (χ1v) is 7.49. The fraction of sp³-hybridized carbons (Fsp3) is 0.412. The van der Waals surface area contributed by atoms with E-state index in [0.29, 0.717) is 6.42 Å². The van der Waals surface area contributed by atoms with Gasteiger partial charge in [-0.2, -0.15) is 0 Å². The summed E-state index contributed by atoms with van der Waals surface area (Å²) in [5, 5.41) is 12.4. The Kier molecular flexibility index (Phi) is 8.46. The molecule has 23 heavy (non-hydrogen) atoms. The topological polar surface area (TPSA) is 84.9 Å². The number of ether oxygens (including phenoxy) is 2. The van der Waals surface area contributed by atoms with Crippen LogP contribution in [0.4, 0.5) is 4.79 Å². The van der Waals surface area contributed by atoms with E-state index in [1.807, 2.05) is 30.3 Å². The van der Waals surface area contributed by atoms with E-state index in [2.05, 4.69) is 11.9 Å². The summed E-state index contributed by atoms with van der Waals surface area (Å²) in [5.41, 5.74) is 0.870. The Bertz CT molecular complexity index is 503. The van der Waals surface area contributed by atoms with Crippen molar-refractivity contribution in [1.82, 2.24) is 5.32 Å². The van der Waals surface area contributed by atoms with E-state index in [4.69, 9.17) is 9.47 Å². The van der Waals surface area contributed by atoms with Gasteiger partial charge in [0.25, 0.3) is 0 Å². The summed E-state index contributed by atoms with van der Waals surface area (Å²) in [5.74, 6) is -0.707. The van der Waals surface area contributed by atoms with Gasteiger partial charge in [0.2, 0.25) is 0 Å². The molecule has 0 fully saturated rings. The zero-order valence-corrected chi connectivity index (χ0v) is 13.2. The molecule has 1 unspecified atom stereocenters. The molecule has 1 aromatic rings. The Hall–Kier alpha value is -2.34. The van der Waals surface area contributed by atoms with Gasteiger partial charge in [-0.25, -0.2) is 9.59 Å². The Balaban J connectivity index is 2.46. The van der Waals surface area contributed by atoms with Crippen LogP contribution in [0.2, 0.25) is 0 Å². The quantitative estimate of drug-likeness (QED) is 0.538. The molecule has 0 aromatic heterocycles. The zero-order chi connectivity index (χ0) is 17.1. The van der Waals surface area contributed by atoms with Crippen molar-refractivity contribution in [1.29, 1.82) is 0 Å². The normalized spacial score (nSPS) is 12.8. The van der Waals surface area contributed by atoms with E-state index in [1.165, 1.54) is 0 Å². The van der Waals surface area contributed by atoms with Crippen molar-refractivity contribution in [3.8, 4) is 0 Å². The highest BCUT2D eigenvalue weighted by molar-refractivity contribution is 5.74. The van der Waals surface area contributed by atoms with Gasteiger partial charge in [-0.3, -0.25) is 0 Å². The molecule has 126 valence electrons. The number of aliphatic hydroxyl groups excluding tert-OH is 1. The second kappa shape index (κ2) is 10.4. The monoisotopic (exact) mass is 321 g/mol. The van der Waals surface area contributed by atoms with Gasteiger partial charge in [0.1, 0.15) is 6.61 Å². The van der Waals surface area contributed by atoms with E-state index < -0.39 is 24.2 Å². The largest absolute Gasteiger partial charge is 0.464 e. The number of alkyl carbamates (subject to hydrolysis) is 1. The fourth-order valence-electron chi connectivity index (χ4n) is 1.95. The third kappa shape index (κ3) is 7.46. The van der Waals surface area contributed by atoms with Crippen LogP contribution in [0.3, 0.4) is 0 Å². The van der Waals surface area contributed by atoms with Crippen LogP contribution < -0.4 is 5.32 Å². The molecule has 1 amide bonds. The number of aliphatic hydroxyl groups is 1. The molecule has 2 N–H and O–H groups in total. The van der Waals surface area contributed by atoms with Crippen molar-refractivity contribution < 1.29 is 24.2 Å². The molecule has 0 aliphatic rings. The van der Waals surface area contributed by atoms with Crippen LogP contribution >= 0.6 is 0 Å². The number of esters is 1. The van der Waals surface area contributed by atoms with Gasteiger partial charge in [-0.1, -0.05) is 36.4 Å². The third-order valence-electron chi connectivity index (χ3n) is 3.05. The maximum Gasteiger partial charge on any atom is 0.407 e. The molecule has 2 atom stereocenters. The van der Waals surface area contributed by atoms with Crippen molar-refractivity contribution in [2.24, 2.45) is 0 Å². The smallest absolute Gasteiger partial charge is 0.407 e. The minimum Gasteiger partial charge on any atom is -0.464 e. The molecule has 6 nitrogen and oxygen atoms in total. The van der Waals surface area contributed by atoms with Gasteiger partial charge >= 0.3 is 12.1 Å². The average molecular weight is 321 g/mol. The van der Waals surface area contributed by atoms with Crippen molar-refractivity contribution in [3.05, 3.63) is 48.6 Å². The molecule has 0 heterocycles. The summed E-state index contributed by atoms with van der Waals surface area (Å²) in [6.07, 6.45) is 0.119. The molecule has 0 bridgehead atoms. The number of hydrogen-bond donors (Lipinski definition) is 2. The number of rotatable bonds is 9. The van der Waals surface area contributed by atoms with Crippen LogP contribution in [-0.4, -0.2) is 35.9 Å². The van der Waals surface area contributed by atoms with Crippen molar-refractivity contribution in [3.63, 3.8) is 0 Å². The lowest BCUT2D eigenvalue weighted by Crippen LogP contribution is -2.39. The highest BCUT2D eigenvalue weighted by Crippen LogP contribution is 2.07. The summed E-state index contributed by atoms with van der Waals surface area (Å²) in [4.78, 5) is 23.3. The molecule has 0 aliphatic heterocycles. The van der Waals surface area contributed by atoms with E-state index in [0.717, 1.165) is 5.56 Å². The van der Waals surface area contributed by atoms with E-state index in [1.54, 1.807) is 13.0 Å². The summed E-state index contributed by atoms with van der Waals surface area (Å²) >= 11 is 0. The lowest BCUT2D eigenvalue weighted by Gasteiger charge is -2.19. The van der Waals surface area contributed by atoms with Crippen LogP contribution in [0.5, 0.6) is 0 Å². The molecule has 0 spiro atoms. The molecular formula is C17H23NO5. The number of benzene rings is 1. The van der Waals surface area contributed by atoms with Gasteiger partial charge in [-0.15, -0.1) is 6.58 Å². The van der Waals surface area contributed by atoms with Crippen LogP contribution in [0.15, 0.2) is 43.0 Å². The predicted octanol–water partition coefficient (Wildman–Crippen LogP) is 2.17. The van der Waals surface area contributed by atoms with Crippen LogP contribution in [0.25, 0.3) is 0 Å². The molecule has 1 aromatic carbocycles. The number of hydrogen-bond acceptors (Lipinski definition) is 5. The standard InChI is InChI=1S/C17H23NO5/c1-3-8-14(11-15(19)16(20)22-4-2)18-17(21)23-12-13-9-6-5-7-10-13/h3,5-7,9-10,14-15,19H,1,4,8,11-12H2,2H3,(H,18,21)/t14?,15-/m0/s1. The summed E-state index contributed by atoms with van der Waals surface area (Å²) in [6.45, 7) is 5.59. The average Bonchev–Trinajstić information content (AvgIpc) is 2.54. The first-order chi connectivity index (χ1) is 11.1. The minimum absolute atomic E-state index is 0.0330. The number of amides is 1. The lowest BCUT2D eigenvalue weighted by atomic mass is 10.1. The zero-order valence-electron chi connectivity index (χ0n) is 13.2. The number of carbonyl (C=O) groups excluding carboxylic acids is 2. The van der Waals surface area contributed by atoms with Crippen LogP contribution in [0, 0.1) is 0 Å². The first kappa shape index (κ1) is 18.7. The minimum atomic E-state index is -1.30. The van der Waals surface area contributed by atoms with Crippen molar-refractivity contribution in [2.75, 3.05) is 6.61 Å². The summed E-state index contributed by atoms with van der Waals surface area (Å²) < 4.78 is 9.85. The van der Waals surface area contributed by atoms with Crippen molar-refractivity contribution >= 4 is 12.1 Å². The van der Waals surface area contributed by atoms with Gasteiger partial charge in [0, 0.05) is 12.5 Å². The number of nitrogens with one attached hydrogen (secondary N) is 1.